The summed E-state index contributed by atoms with van der Waals surface area (Å²) in [5.41, 5.74) is 4.96. The molecule has 1 aliphatic rings. The van der Waals surface area contributed by atoms with Gasteiger partial charge in [-0.2, -0.15) is 0 Å². The van der Waals surface area contributed by atoms with Gasteiger partial charge >= 0.3 is 0 Å². The molecular weight excluding hydrogens is 189 g/mol. The van der Waals surface area contributed by atoms with Gasteiger partial charge in [-0.1, -0.05) is 13.3 Å². The first kappa shape index (κ1) is 10.7. The normalized spacial score (nSPS) is 20.4. The number of aromatic nitrogens is 1. The predicted molar refractivity (Wildman–Crippen MR) is 60.9 cm³/mol. The molecule has 0 N–H and O–H groups in total. The minimum absolute atomic E-state index is 0.704. The fourth-order valence-corrected chi connectivity index (χ4v) is 2.81. The second-order valence-electron chi connectivity index (χ2n) is 4.60. The summed E-state index contributed by atoms with van der Waals surface area (Å²) in [7, 11) is 2.01. The number of alkyl halides is 1. The van der Waals surface area contributed by atoms with Gasteiger partial charge in [-0.25, -0.2) is 4.39 Å². The highest BCUT2D eigenvalue weighted by atomic mass is 19.1. The highest BCUT2D eigenvalue weighted by Gasteiger charge is 2.27. The van der Waals surface area contributed by atoms with Crippen LogP contribution in [0.4, 0.5) is 4.39 Å². The van der Waals surface area contributed by atoms with Crippen LogP contribution in [-0.4, -0.2) is 4.57 Å². The van der Waals surface area contributed by atoms with Crippen molar-refractivity contribution in [2.75, 3.05) is 0 Å². The predicted octanol–water partition coefficient (Wildman–Crippen LogP) is 3.63. The molecule has 0 aliphatic heterocycles. The van der Waals surface area contributed by atoms with E-state index in [9.17, 15) is 4.39 Å². The van der Waals surface area contributed by atoms with Crippen molar-refractivity contribution in [1.82, 2.24) is 4.57 Å². The molecule has 0 bridgehead atoms. The Morgan fingerprint density at radius 2 is 2.20 bits per heavy atom. The summed E-state index contributed by atoms with van der Waals surface area (Å²) < 4.78 is 15.9. The summed E-state index contributed by atoms with van der Waals surface area (Å²) in [6, 6.07) is 0. The van der Waals surface area contributed by atoms with Gasteiger partial charge in [0.15, 0.2) is 0 Å². The van der Waals surface area contributed by atoms with E-state index in [2.05, 4.69) is 18.4 Å². The van der Waals surface area contributed by atoms with Crippen molar-refractivity contribution >= 4 is 0 Å². The van der Waals surface area contributed by atoms with E-state index in [1.165, 1.54) is 16.8 Å². The van der Waals surface area contributed by atoms with Crippen LogP contribution in [0.5, 0.6) is 0 Å². The standard InChI is InChI=1S/C13H20FN/c1-4-6-10-9(2)15(3)13-11(10)7-5-8-12(13)14/h12H,4-8H2,1-3H3. The fourth-order valence-electron chi connectivity index (χ4n) is 2.81. The van der Waals surface area contributed by atoms with Crippen LogP contribution in [0.25, 0.3) is 0 Å². The zero-order valence-corrected chi connectivity index (χ0v) is 9.94. The Balaban J connectivity index is 2.52. The summed E-state index contributed by atoms with van der Waals surface area (Å²) >= 11 is 0. The molecule has 0 fully saturated rings. The molecule has 1 atom stereocenters. The fraction of sp³-hybridized carbons (Fsp3) is 0.692. The van der Waals surface area contributed by atoms with E-state index in [-0.39, 0.29) is 0 Å². The number of nitrogens with zero attached hydrogens (tertiary/aromatic N) is 1. The van der Waals surface area contributed by atoms with E-state index < -0.39 is 6.17 Å². The van der Waals surface area contributed by atoms with E-state index in [1.807, 2.05) is 7.05 Å². The van der Waals surface area contributed by atoms with Gasteiger partial charge in [-0.05, 0) is 43.7 Å². The number of rotatable bonds is 2. The molecule has 2 heteroatoms. The Hall–Kier alpha value is -0.790. The van der Waals surface area contributed by atoms with Crippen LogP contribution in [0.1, 0.15) is 54.9 Å². The van der Waals surface area contributed by atoms with Gasteiger partial charge in [0.2, 0.25) is 0 Å². The van der Waals surface area contributed by atoms with Crippen molar-refractivity contribution in [3.8, 4) is 0 Å². The van der Waals surface area contributed by atoms with Crippen molar-refractivity contribution in [3.05, 3.63) is 22.5 Å². The van der Waals surface area contributed by atoms with E-state index in [0.29, 0.717) is 6.42 Å². The molecule has 1 aromatic heterocycles. The Bertz CT molecular complexity index is 365. The Morgan fingerprint density at radius 1 is 1.47 bits per heavy atom. The van der Waals surface area contributed by atoms with Gasteiger partial charge in [-0.15, -0.1) is 0 Å². The highest BCUT2D eigenvalue weighted by molar-refractivity contribution is 5.40. The zero-order chi connectivity index (χ0) is 11.0. The van der Waals surface area contributed by atoms with Crippen molar-refractivity contribution < 1.29 is 4.39 Å². The number of hydrogen-bond donors (Lipinski definition) is 0. The Morgan fingerprint density at radius 3 is 2.87 bits per heavy atom. The second kappa shape index (κ2) is 3.99. The minimum atomic E-state index is -0.733. The largest absolute Gasteiger partial charge is 0.349 e. The molecule has 1 aromatic rings. The maximum absolute atomic E-state index is 13.8. The van der Waals surface area contributed by atoms with Gasteiger partial charge in [0.05, 0.1) is 5.69 Å². The van der Waals surface area contributed by atoms with Crippen molar-refractivity contribution in [2.24, 2.45) is 7.05 Å². The van der Waals surface area contributed by atoms with Gasteiger partial charge < -0.3 is 4.57 Å². The third-order valence-electron chi connectivity index (χ3n) is 3.66. The van der Waals surface area contributed by atoms with Gasteiger partial charge in [-0.3, -0.25) is 0 Å². The molecule has 84 valence electrons. The minimum Gasteiger partial charge on any atom is -0.349 e. The summed E-state index contributed by atoms with van der Waals surface area (Å²) in [5.74, 6) is 0. The smallest absolute Gasteiger partial charge is 0.140 e. The first-order valence-corrected chi connectivity index (χ1v) is 5.97. The molecule has 0 saturated carbocycles. The molecule has 1 nitrogen and oxygen atoms in total. The lowest BCUT2D eigenvalue weighted by Crippen LogP contribution is -2.09. The summed E-state index contributed by atoms with van der Waals surface area (Å²) in [5, 5.41) is 0. The molecule has 1 unspecified atom stereocenters. The van der Waals surface area contributed by atoms with Gasteiger partial charge in [0.25, 0.3) is 0 Å². The van der Waals surface area contributed by atoms with Crippen molar-refractivity contribution in [2.45, 2.75) is 52.1 Å². The molecule has 0 amide bonds. The van der Waals surface area contributed by atoms with Crippen LogP contribution < -0.4 is 0 Å². The average molecular weight is 209 g/mol. The molecule has 0 radical (unpaired) electrons. The van der Waals surface area contributed by atoms with E-state index in [1.54, 1.807) is 0 Å². The number of halogens is 1. The quantitative estimate of drug-likeness (QED) is 0.701. The zero-order valence-electron chi connectivity index (χ0n) is 9.94. The molecular formula is C13H20FN. The van der Waals surface area contributed by atoms with E-state index >= 15 is 0 Å². The van der Waals surface area contributed by atoms with Crippen LogP contribution in [0, 0.1) is 6.92 Å². The van der Waals surface area contributed by atoms with Gasteiger partial charge in [0, 0.05) is 12.7 Å². The first-order chi connectivity index (χ1) is 7.16. The number of hydrogen-bond acceptors (Lipinski definition) is 0. The lowest BCUT2D eigenvalue weighted by molar-refractivity contribution is 0.288. The Labute approximate surface area is 91.3 Å². The molecule has 0 aromatic carbocycles. The van der Waals surface area contributed by atoms with E-state index in [0.717, 1.165) is 31.4 Å². The lowest BCUT2D eigenvalue weighted by Gasteiger charge is -2.18. The SMILES string of the molecule is CCCc1c2c(n(C)c1C)C(F)CCC2. The number of fused-ring (bicyclic) bond motifs is 1. The molecule has 1 aliphatic carbocycles. The summed E-state index contributed by atoms with van der Waals surface area (Å²) in [6.07, 6.45) is 4.30. The molecule has 0 spiro atoms. The third kappa shape index (κ3) is 1.60. The van der Waals surface area contributed by atoms with Crippen LogP contribution in [0.15, 0.2) is 0 Å². The monoisotopic (exact) mass is 209 g/mol. The topological polar surface area (TPSA) is 4.93 Å². The summed E-state index contributed by atoms with van der Waals surface area (Å²) in [4.78, 5) is 0. The van der Waals surface area contributed by atoms with Crippen molar-refractivity contribution in [3.63, 3.8) is 0 Å². The first-order valence-electron chi connectivity index (χ1n) is 5.97. The lowest BCUT2D eigenvalue weighted by atomic mass is 9.92. The van der Waals surface area contributed by atoms with Crippen molar-refractivity contribution in [1.29, 1.82) is 0 Å². The van der Waals surface area contributed by atoms with Crippen LogP contribution >= 0.6 is 0 Å². The van der Waals surface area contributed by atoms with Crippen LogP contribution in [0.2, 0.25) is 0 Å². The highest BCUT2D eigenvalue weighted by Crippen LogP contribution is 2.37. The van der Waals surface area contributed by atoms with E-state index in [4.69, 9.17) is 0 Å². The average Bonchev–Trinajstić information content (AvgIpc) is 2.45. The molecule has 2 rings (SSSR count). The van der Waals surface area contributed by atoms with Crippen LogP contribution in [0.3, 0.4) is 0 Å². The molecule has 1 heterocycles. The summed E-state index contributed by atoms with van der Waals surface area (Å²) in [6.45, 7) is 4.31. The molecule has 0 saturated heterocycles. The molecule has 15 heavy (non-hydrogen) atoms. The Kier molecular flexibility index (Phi) is 2.85. The third-order valence-corrected chi connectivity index (χ3v) is 3.66. The maximum Gasteiger partial charge on any atom is 0.140 e. The van der Waals surface area contributed by atoms with Crippen LogP contribution in [-0.2, 0) is 19.9 Å². The van der Waals surface area contributed by atoms with Gasteiger partial charge in [0.1, 0.15) is 6.17 Å². The maximum atomic E-state index is 13.8. The second-order valence-corrected chi connectivity index (χ2v) is 4.60.